The van der Waals surface area contributed by atoms with E-state index < -0.39 is 23.8 Å². The topological polar surface area (TPSA) is 66.5 Å². The Bertz CT molecular complexity index is 771. The smallest absolute Gasteiger partial charge is 0.265 e. The van der Waals surface area contributed by atoms with E-state index in [0.717, 1.165) is 16.7 Å². The Labute approximate surface area is 123 Å². The van der Waals surface area contributed by atoms with Crippen molar-refractivity contribution in [3.8, 4) is 0 Å². The van der Waals surface area contributed by atoms with Gasteiger partial charge in [-0.05, 0) is 30.5 Å². The third-order valence-electron chi connectivity index (χ3n) is 3.38. The molecule has 1 unspecified atom stereocenters. The first-order valence-electron chi connectivity index (χ1n) is 6.29. The number of amides is 3. The molecule has 1 saturated heterocycles. The van der Waals surface area contributed by atoms with Crippen molar-refractivity contribution in [1.82, 2.24) is 10.2 Å². The predicted molar refractivity (Wildman–Crippen MR) is 75.4 cm³/mol. The van der Waals surface area contributed by atoms with Crippen molar-refractivity contribution in [2.45, 2.75) is 13.0 Å². The number of nitrogens with one attached hydrogen (secondary N) is 1. The number of carbonyl (C=O) groups excluding carboxylic acids is 3. The third kappa shape index (κ3) is 2.40. The highest BCUT2D eigenvalue weighted by atomic mass is 32.1. The lowest BCUT2D eigenvalue weighted by Gasteiger charge is -2.31. The van der Waals surface area contributed by atoms with E-state index in [9.17, 15) is 18.8 Å². The van der Waals surface area contributed by atoms with Gasteiger partial charge in [0.05, 0.1) is 4.88 Å². The van der Waals surface area contributed by atoms with Crippen LogP contribution in [0.2, 0.25) is 0 Å². The van der Waals surface area contributed by atoms with Gasteiger partial charge in [-0.1, -0.05) is 6.07 Å². The zero-order valence-corrected chi connectivity index (χ0v) is 11.9. The van der Waals surface area contributed by atoms with Crippen LogP contribution in [0.5, 0.6) is 0 Å². The number of hydrogen-bond acceptors (Lipinski definition) is 4. The lowest BCUT2D eigenvalue weighted by atomic mass is 10.2. The second-order valence-corrected chi connectivity index (χ2v) is 5.90. The average Bonchev–Trinajstić information content (AvgIpc) is 2.85. The maximum atomic E-state index is 13.2. The van der Waals surface area contributed by atoms with Crippen LogP contribution < -0.4 is 5.32 Å². The summed E-state index contributed by atoms with van der Waals surface area (Å²) < 4.78 is 13.8. The molecule has 21 heavy (non-hydrogen) atoms. The summed E-state index contributed by atoms with van der Waals surface area (Å²) in [5.41, 5.74) is 0. The first-order valence-corrected chi connectivity index (χ1v) is 7.11. The maximum Gasteiger partial charge on any atom is 0.265 e. The van der Waals surface area contributed by atoms with Crippen LogP contribution in [0.25, 0.3) is 10.1 Å². The Balaban J connectivity index is 1.95. The minimum absolute atomic E-state index is 0.158. The summed E-state index contributed by atoms with van der Waals surface area (Å²) in [5.74, 6) is -1.76. The van der Waals surface area contributed by atoms with Crippen molar-refractivity contribution in [2.75, 3.05) is 6.54 Å². The number of nitrogens with zero attached hydrogens (tertiary/aromatic N) is 1. The van der Waals surface area contributed by atoms with Gasteiger partial charge >= 0.3 is 0 Å². The summed E-state index contributed by atoms with van der Waals surface area (Å²) in [6.45, 7) is 1.40. The van der Waals surface area contributed by atoms with E-state index in [1.54, 1.807) is 19.1 Å². The van der Waals surface area contributed by atoms with Crippen molar-refractivity contribution < 1.29 is 18.8 Å². The number of piperazine rings is 1. The predicted octanol–water partition coefficient (Wildman–Crippen LogP) is 1.53. The van der Waals surface area contributed by atoms with Gasteiger partial charge in [0.1, 0.15) is 18.4 Å². The number of halogens is 1. The summed E-state index contributed by atoms with van der Waals surface area (Å²) in [4.78, 5) is 37.1. The Hall–Kier alpha value is -2.28. The number of thiophene rings is 1. The Morgan fingerprint density at radius 1 is 1.38 bits per heavy atom. The molecule has 1 aromatic heterocycles. The van der Waals surface area contributed by atoms with Gasteiger partial charge in [-0.3, -0.25) is 19.7 Å². The molecule has 0 radical (unpaired) electrons. The van der Waals surface area contributed by atoms with Gasteiger partial charge in [-0.2, -0.15) is 0 Å². The van der Waals surface area contributed by atoms with Gasteiger partial charge in [0.15, 0.2) is 0 Å². The molecule has 1 fully saturated rings. The average molecular weight is 306 g/mol. The number of benzene rings is 1. The van der Waals surface area contributed by atoms with E-state index in [4.69, 9.17) is 0 Å². The van der Waals surface area contributed by atoms with Crippen LogP contribution in [0.15, 0.2) is 24.3 Å². The molecular weight excluding hydrogens is 295 g/mol. The monoisotopic (exact) mass is 306 g/mol. The van der Waals surface area contributed by atoms with E-state index in [1.165, 1.54) is 17.0 Å². The van der Waals surface area contributed by atoms with Crippen molar-refractivity contribution in [1.29, 1.82) is 0 Å². The second-order valence-electron chi connectivity index (χ2n) is 4.81. The molecule has 3 amide bonds. The highest BCUT2D eigenvalue weighted by Gasteiger charge is 2.34. The molecule has 5 nitrogen and oxygen atoms in total. The fourth-order valence-corrected chi connectivity index (χ4v) is 3.26. The van der Waals surface area contributed by atoms with Gasteiger partial charge in [0.25, 0.3) is 5.91 Å². The number of rotatable bonds is 1. The molecule has 7 heteroatoms. The molecule has 108 valence electrons. The summed E-state index contributed by atoms with van der Waals surface area (Å²) in [7, 11) is 0. The van der Waals surface area contributed by atoms with E-state index in [1.807, 2.05) is 0 Å². The molecule has 3 rings (SSSR count). The molecule has 0 saturated carbocycles. The quantitative estimate of drug-likeness (QED) is 0.813. The minimum atomic E-state index is -0.711. The summed E-state index contributed by atoms with van der Waals surface area (Å²) in [6, 6.07) is 5.20. The molecule has 2 heterocycles. The fraction of sp³-hybridized carbons (Fsp3) is 0.214. The number of fused-ring (bicyclic) bond motifs is 1. The van der Waals surface area contributed by atoms with Crippen LogP contribution in [0, 0.1) is 5.82 Å². The zero-order chi connectivity index (χ0) is 15.1. The van der Waals surface area contributed by atoms with Gasteiger partial charge in [-0.25, -0.2) is 4.39 Å². The largest absolute Gasteiger partial charge is 0.317 e. The molecule has 0 spiro atoms. The Morgan fingerprint density at radius 2 is 2.14 bits per heavy atom. The van der Waals surface area contributed by atoms with Crippen LogP contribution in [0.4, 0.5) is 4.39 Å². The third-order valence-corrected chi connectivity index (χ3v) is 4.46. The van der Waals surface area contributed by atoms with Crippen molar-refractivity contribution in [3.63, 3.8) is 0 Å². The fourth-order valence-electron chi connectivity index (χ4n) is 2.21. The molecule has 1 aromatic carbocycles. The van der Waals surface area contributed by atoms with E-state index in [-0.39, 0.29) is 12.4 Å². The van der Waals surface area contributed by atoms with Crippen molar-refractivity contribution in [2.24, 2.45) is 0 Å². The molecule has 0 bridgehead atoms. The molecular formula is C14H11FN2O3S. The SMILES string of the molecule is CC1C(=O)NC(=O)CN1C(=O)c1cc2ccc(F)cc2s1. The summed E-state index contributed by atoms with van der Waals surface area (Å²) in [6.07, 6.45) is 0. The molecule has 0 aliphatic carbocycles. The normalized spacial score (nSPS) is 19.0. The second kappa shape index (κ2) is 4.92. The lowest BCUT2D eigenvalue weighted by Crippen LogP contribution is -2.58. The molecule has 1 N–H and O–H groups in total. The van der Waals surface area contributed by atoms with E-state index in [0.29, 0.717) is 9.58 Å². The van der Waals surface area contributed by atoms with Crippen LogP contribution in [-0.2, 0) is 9.59 Å². The Morgan fingerprint density at radius 3 is 2.90 bits per heavy atom. The Kier molecular flexibility index (Phi) is 3.21. The molecule has 2 aromatic rings. The van der Waals surface area contributed by atoms with Gasteiger partial charge in [0.2, 0.25) is 11.8 Å². The van der Waals surface area contributed by atoms with Crippen LogP contribution in [0.1, 0.15) is 16.6 Å². The highest BCUT2D eigenvalue weighted by Crippen LogP contribution is 2.28. The number of imide groups is 1. The molecule has 1 atom stereocenters. The van der Waals surface area contributed by atoms with Crippen LogP contribution in [-0.4, -0.2) is 35.2 Å². The van der Waals surface area contributed by atoms with E-state index in [2.05, 4.69) is 5.32 Å². The van der Waals surface area contributed by atoms with Crippen LogP contribution >= 0.6 is 11.3 Å². The van der Waals surface area contributed by atoms with Gasteiger partial charge in [0, 0.05) is 4.70 Å². The summed E-state index contributed by atoms with van der Waals surface area (Å²) in [5, 5.41) is 2.94. The van der Waals surface area contributed by atoms with E-state index >= 15 is 0 Å². The van der Waals surface area contributed by atoms with Crippen LogP contribution in [0.3, 0.4) is 0 Å². The first kappa shape index (κ1) is 13.7. The maximum absolute atomic E-state index is 13.2. The van der Waals surface area contributed by atoms with Crippen molar-refractivity contribution in [3.05, 3.63) is 35.0 Å². The van der Waals surface area contributed by atoms with Gasteiger partial charge < -0.3 is 4.90 Å². The van der Waals surface area contributed by atoms with Crippen molar-refractivity contribution >= 4 is 39.1 Å². The van der Waals surface area contributed by atoms with Gasteiger partial charge in [-0.15, -0.1) is 11.3 Å². The number of hydrogen-bond donors (Lipinski definition) is 1. The minimum Gasteiger partial charge on any atom is -0.317 e. The lowest BCUT2D eigenvalue weighted by molar-refractivity contribution is -0.138. The zero-order valence-electron chi connectivity index (χ0n) is 11.1. The molecule has 1 aliphatic rings. The highest BCUT2D eigenvalue weighted by molar-refractivity contribution is 7.20. The summed E-state index contributed by atoms with van der Waals surface area (Å²) >= 11 is 1.14. The first-order chi connectivity index (χ1) is 9.95. The standard InChI is InChI=1S/C14H11FN2O3S/c1-7-13(19)16-12(18)6-17(7)14(20)11-4-8-2-3-9(15)5-10(8)21-11/h2-5,7H,6H2,1H3,(H,16,18,19). The number of carbonyl (C=O) groups is 3. The molecule has 1 aliphatic heterocycles.